The molecule has 1 unspecified atom stereocenters. The molecule has 0 saturated carbocycles. The molecule has 0 aromatic heterocycles. The lowest BCUT2D eigenvalue weighted by atomic mass is 10.2. The van der Waals surface area contributed by atoms with E-state index in [2.05, 4.69) is 35.1 Å². The molecule has 0 bridgehead atoms. The summed E-state index contributed by atoms with van der Waals surface area (Å²) in [5, 5.41) is 3.35. The van der Waals surface area contributed by atoms with Gasteiger partial charge in [-0.1, -0.05) is 13.3 Å². The average molecular weight is 304 g/mol. The van der Waals surface area contributed by atoms with Crippen molar-refractivity contribution in [1.82, 2.24) is 5.32 Å². The lowest BCUT2D eigenvalue weighted by Gasteiger charge is -2.13. The van der Waals surface area contributed by atoms with Crippen LogP contribution in [-0.2, 0) is 0 Å². The van der Waals surface area contributed by atoms with Crippen LogP contribution in [0.1, 0.15) is 26.7 Å². The number of nitrogens with one attached hydrogen (secondary N) is 1. The second-order valence-corrected chi connectivity index (χ2v) is 4.92. The quantitative estimate of drug-likeness (QED) is 0.775. The first-order chi connectivity index (χ1) is 8.13. The Morgan fingerprint density at radius 1 is 1.47 bits per heavy atom. The van der Waals surface area contributed by atoms with E-state index in [9.17, 15) is 4.39 Å². The van der Waals surface area contributed by atoms with E-state index in [-0.39, 0.29) is 5.82 Å². The molecule has 1 rings (SSSR count). The first-order valence-corrected chi connectivity index (χ1v) is 6.74. The summed E-state index contributed by atoms with van der Waals surface area (Å²) in [5.74, 6) is 0.269. The van der Waals surface area contributed by atoms with Crippen molar-refractivity contribution in [2.24, 2.45) is 0 Å². The summed E-state index contributed by atoms with van der Waals surface area (Å²) in [5.41, 5.74) is 0. The molecule has 96 valence electrons. The minimum Gasteiger partial charge on any atom is -0.491 e. The first kappa shape index (κ1) is 14.5. The van der Waals surface area contributed by atoms with Gasteiger partial charge in [0.25, 0.3) is 0 Å². The second kappa shape index (κ2) is 7.67. The Morgan fingerprint density at radius 2 is 2.24 bits per heavy atom. The molecule has 0 aliphatic carbocycles. The SMILES string of the molecule is CCCC(C)NCCOc1cc(F)ccc1Br. The van der Waals surface area contributed by atoms with Gasteiger partial charge in [-0.2, -0.15) is 0 Å². The van der Waals surface area contributed by atoms with Crippen LogP contribution in [0.25, 0.3) is 0 Å². The number of rotatable bonds is 7. The highest BCUT2D eigenvalue weighted by Crippen LogP contribution is 2.25. The maximum Gasteiger partial charge on any atom is 0.136 e. The fourth-order valence-electron chi connectivity index (χ4n) is 1.59. The van der Waals surface area contributed by atoms with Gasteiger partial charge in [0, 0.05) is 18.7 Å². The third-order valence-electron chi connectivity index (χ3n) is 2.47. The van der Waals surface area contributed by atoms with E-state index < -0.39 is 0 Å². The molecule has 0 saturated heterocycles. The van der Waals surface area contributed by atoms with Crippen molar-refractivity contribution in [2.45, 2.75) is 32.7 Å². The van der Waals surface area contributed by atoms with Gasteiger partial charge in [-0.3, -0.25) is 0 Å². The van der Waals surface area contributed by atoms with E-state index in [4.69, 9.17) is 4.74 Å². The number of ether oxygens (including phenoxy) is 1. The lowest BCUT2D eigenvalue weighted by molar-refractivity contribution is 0.302. The number of benzene rings is 1. The Morgan fingerprint density at radius 3 is 2.94 bits per heavy atom. The lowest BCUT2D eigenvalue weighted by Crippen LogP contribution is -2.30. The summed E-state index contributed by atoms with van der Waals surface area (Å²) >= 11 is 3.32. The summed E-state index contributed by atoms with van der Waals surface area (Å²) < 4.78 is 19.2. The molecule has 1 aromatic rings. The molecule has 0 radical (unpaired) electrons. The van der Waals surface area contributed by atoms with Crippen molar-refractivity contribution in [2.75, 3.05) is 13.2 Å². The van der Waals surface area contributed by atoms with Crippen molar-refractivity contribution in [3.63, 3.8) is 0 Å². The fourth-order valence-corrected chi connectivity index (χ4v) is 1.95. The topological polar surface area (TPSA) is 21.3 Å². The minimum atomic E-state index is -0.282. The van der Waals surface area contributed by atoms with Gasteiger partial charge in [-0.25, -0.2) is 4.39 Å². The number of hydrogen-bond acceptors (Lipinski definition) is 2. The standard InChI is InChI=1S/C13H19BrFNO/c1-3-4-10(2)16-7-8-17-13-9-11(15)5-6-12(13)14/h5-6,9-10,16H,3-4,7-8H2,1-2H3. The molecular formula is C13H19BrFNO. The predicted molar refractivity (Wildman–Crippen MR) is 72.0 cm³/mol. The van der Waals surface area contributed by atoms with Crippen LogP contribution in [0.2, 0.25) is 0 Å². The summed E-state index contributed by atoms with van der Waals surface area (Å²) in [7, 11) is 0. The van der Waals surface area contributed by atoms with Crippen molar-refractivity contribution < 1.29 is 9.13 Å². The van der Waals surface area contributed by atoms with E-state index in [0.29, 0.717) is 18.4 Å². The Labute approximate surface area is 111 Å². The van der Waals surface area contributed by atoms with Gasteiger partial charge in [0.15, 0.2) is 0 Å². The summed E-state index contributed by atoms with van der Waals surface area (Å²) in [6, 6.07) is 4.94. The Kier molecular flexibility index (Phi) is 6.52. The van der Waals surface area contributed by atoms with E-state index in [1.165, 1.54) is 18.6 Å². The normalized spacial score (nSPS) is 12.5. The zero-order valence-corrected chi connectivity index (χ0v) is 11.9. The molecule has 1 N–H and O–H groups in total. The van der Waals surface area contributed by atoms with Gasteiger partial charge >= 0.3 is 0 Å². The molecule has 17 heavy (non-hydrogen) atoms. The average Bonchev–Trinajstić information content (AvgIpc) is 2.29. The van der Waals surface area contributed by atoms with Crippen molar-refractivity contribution in [3.05, 3.63) is 28.5 Å². The van der Waals surface area contributed by atoms with Crippen molar-refractivity contribution in [1.29, 1.82) is 0 Å². The Balaban J connectivity index is 2.28. The van der Waals surface area contributed by atoms with Crippen LogP contribution in [-0.4, -0.2) is 19.2 Å². The van der Waals surface area contributed by atoms with Crippen LogP contribution in [0.5, 0.6) is 5.75 Å². The molecule has 0 aliphatic heterocycles. The molecule has 0 fully saturated rings. The van der Waals surface area contributed by atoms with Crippen molar-refractivity contribution >= 4 is 15.9 Å². The highest BCUT2D eigenvalue weighted by molar-refractivity contribution is 9.10. The smallest absolute Gasteiger partial charge is 0.136 e. The Hall–Kier alpha value is -0.610. The zero-order valence-electron chi connectivity index (χ0n) is 10.3. The summed E-state index contributed by atoms with van der Waals surface area (Å²) in [4.78, 5) is 0. The van der Waals surface area contributed by atoms with Gasteiger partial charge in [-0.05, 0) is 41.4 Å². The third-order valence-corrected chi connectivity index (χ3v) is 3.12. The molecular weight excluding hydrogens is 285 g/mol. The summed E-state index contributed by atoms with van der Waals surface area (Å²) in [6.45, 7) is 5.63. The number of halogens is 2. The maximum absolute atomic E-state index is 13.0. The van der Waals surface area contributed by atoms with Gasteiger partial charge < -0.3 is 10.1 Å². The zero-order chi connectivity index (χ0) is 12.7. The van der Waals surface area contributed by atoms with Gasteiger partial charge in [0.05, 0.1) is 4.47 Å². The molecule has 1 aromatic carbocycles. The van der Waals surface area contributed by atoms with E-state index in [1.54, 1.807) is 6.07 Å². The highest BCUT2D eigenvalue weighted by Gasteiger charge is 2.03. The molecule has 0 spiro atoms. The van der Waals surface area contributed by atoms with Gasteiger partial charge in [0.1, 0.15) is 18.2 Å². The monoisotopic (exact) mass is 303 g/mol. The van der Waals surface area contributed by atoms with Gasteiger partial charge in [0.2, 0.25) is 0 Å². The fraction of sp³-hybridized carbons (Fsp3) is 0.538. The van der Waals surface area contributed by atoms with Crippen LogP contribution in [0.3, 0.4) is 0 Å². The van der Waals surface area contributed by atoms with Gasteiger partial charge in [-0.15, -0.1) is 0 Å². The third kappa shape index (κ3) is 5.50. The largest absolute Gasteiger partial charge is 0.491 e. The highest BCUT2D eigenvalue weighted by atomic mass is 79.9. The number of hydrogen-bond donors (Lipinski definition) is 1. The predicted octanol–water partition coefficient (Wildman–Crippen LogP) is 3.75. The summed E-state index contributed by atoms with van der Waals surface area (Å²) in [6.07, 6.45) is 2.33. The van der Waals surface area contributed by atoms with E-state index >= 15 is 0 Å². The van der Waals surface area contributed by atoms with Crippen LogP contribution in [0, 0.1) is 5.82 Å². The van der Waals surface area contributed by atoms with E-state index in [1.807, 2.05) is 0 Å². The molecule has 4 heteroatoms. The second-order valence-electron chi connectivity index (χ2n) is 4.07. The van der Waals surface area contributed by atoms with Crippen LogP contribution >= 0.6 is 15.9 Å². The molecule has 0 amide bonds. The molecule has 0 aliphatic rings. The van der Waals surface area contributed by atoms with Crippen LogP contribution < -0.4 is 10.1 Å². The van der Waals surface area contributed by atoms with E-state index in [0.717, 1.165) is 17.4 Å². The molecule has 2 nitrogen and oxygen atoms in total. The van der Waals surface area contributed by atoms with Crippen LogP contribution in [0.4, 0.5) is 4.39 Å². The van der Waals surface area contributed by atoms with Crippen molar-refractivity contribution in [3.8, 4) is 5.75 Å². The first-order valence-electron chi connectivity index (χ1n) is 5.94. The Bertz CT molecular complexity index is 346. The molecule has 1 atom stereocenters. The van der Waals surface area contributed by atoms with Crippen LogP contribution in [0.15, 0.2) is 22.7 Å². The minimum absolute atomic E-state index is 0.282. The maximum atomic E-state index is 13.0. The molecule has 0 heterocycles.